The van der Waals surface area contributed by atoms with E-state index in [1.54, 1.807) is 25.1 Å². The average Bonchev–Trinajstić information content (AvgIpc) is 2.96. The molecule has 0 spiro atoms. The molecule has 0 unspecified atom stereocenters. The van der Waals surface area contributed by atoms with Crippen LogP contribution in [0.5, 0.6) is 0 Å². The van der Waals surface area contributed by atoms with Gasteiger partial charge < -0.3 is 5.32 Å². The second-order valence-corrected chi connectivity index (χ2v) is 6.22. The van der Waals surface area contributed by atoms with Crippen LogP contribution in [0.4, 0.5) is 5.82 Å². The van der Waals surface area contributed by atoms with Crippen molar-refractivity contribution in [2.24, 2.45) is 0 Å². The fraction of sp³-hybridized carbons (Fsp3) is 0.222. The molecule has 2 N–H and O–H groups in total. The summed E-state index contributed by atoms with van der Waals surface area (Å²) in [6.07, 6.45) is 0.744. The standard InChI is InChI=1S/C18H18ClN5O2/c1-3-13-10-17(26)22-18(20-13)24-15(8-11(2)23-24)21-16(25)9-12-6-4-5-7-14(12)19/h4-8,10H,3,9H2,1-2H3,(H,21,25)(H,20,22,26). The Balaban J connectivity index is 1.88. The lowest BCUT2D eigenvalue weighted by Gasteiger charge is -2.09. The summed E-state index contributed by atoms with van der Waals surface area (Å²) in [4.78, 5) is 31.3. The van der Waals surface area contributed by atoms with Crippen LogP contribution in [-0.2, 0) is 17.6 Å². The fourth-order valence-corrected chi connectivity index (χ4v) is 2.73. The fourth-order valence-electron chi connectivity index (χ4n) is 2.53. The molecule has 0 fully saturated rings. The van der Waals surface area contributed by atoms with Crippen molar-refractivity contribution in [2.45, 2.75) is 26.7 Å². The minimum Gasteiger partial charge on any atom is -0.310 e. The lowest BCUT2D eigenvalue weighted by Crippen LogP contribution is -2.20. The van der Waals surface area contributed by atoms with Crippen molar-refractivity contribution < 1.29 is 4.79 Å². The Bertz CT molecular complexity index is 1010. The van der Waals surface area contributed by atoms with E-state index in [0.717, 1.165) is 5.56 Å². The normalized spacial score (nSPS) is 10.7. The maximum atomic E-state index is 12.4. The molecule has 26 heavy (non-hydrogen) atoms. The van der Waals surface area contributed by atoms with Crippen LogP contribution in [0.1, 0.15) is 23.9 Å². The number of carbonyl (C=O) groups excluding carboxylic acids is 1. The van der Waals surface area contributed by atoms with E-state index in [9.17, 15) is 9.59 Å². The average molecular weight is 372 g/mol. The number of aromatic nitrogens is 4. The number of amides is 1. The molecule has 0 radical (unpaired) electrons. The lowest BCUT2D eigenvalue weighted by molar-refractivity contribution is -0.115. The van der Waals surface area contributed by atoms with Gasteiger partial charge in [0.05, 0.1) is 12.1 Å². The van der Waals surface area contributed by atoms with E-state index < -0.39 is 0 Å². The number of hydrogen-bond acceptors (Lipinski definition) is 4. The number of anilines is 1. The van der Waals surface area contributed by atoms with E-state index in [0.29, 0.717) is 28.6 Å². The summed E-state index contributed by atoms with van der Waals surface area (Å²) in [6, 6.07) is 10.3. The van der Waals surface area contributed by atoms with Gasteiger partial charge in [-0.2, -0.15) is 9.78 Å². The van der Waals surface area contributed by atoms with Gasteiger partial charge >= 0.3 is 0 Å². The molecular formula is C18H18ClN5O2. The highest BCUT2D eigenvalue weighted by molar-refractivity contribution is 6.31. The predicted octanol–water partition coefficient (Wildman–Crippen LogP) is 2.66. The van der Waals surface area contributed by atoms with Crippen LogP contribution in [0.15, 0.2) is 41.2 Å². The van der Waals surface area contributed by atoms with Crippen LogP contribution in [0.3, 0.4) is 0 Å². The van der Waals surface area contributed by atoms with Crippen LogP contribution in [0.25, 0.3) is 5.95 Å². The summed E-state index contributed by atoms with van der Waals surface area (Å²) in [5, 5.41) is 7.66. The first-order valence-corrected chi connectivity index (χ1v) is 8.54. The number of nitrogens with one attached hydrogen (secondary N) is 2. The molecule has 2 aromatic heterocycles. The van der Waals surface area contributed by atoms with Crippen molar-refractivity contribution in [3.05, 3.63) is 68.7 Å². The Morgan fingerprint density at radius 2 is 2.08 bits per heavy atom. The summed E-state index contributed by atoms with van der Waals surface area (Å²) in [5.74, 6) is 0.444. The van der Waals surface area contributed by atoms with E-state index >= 15 is 0 Å². The Morgan fingerprint density at radius 1 is 1.31 bits per heavy atom. The Morgan fingerprint density at radius 3 is 2.81 bits per heavy atom. The minimum atomic E-state index is -0.270. The number of nitrogens with zero attached hydrogens (tertiary/aromatic N) is 3. The highest BCUT2D eigenvalue weighted by Gasteiger charge is 2.14. The zero-order chi connectivity index (χ0) is 18.7. The van der Waals surface area contributed by atoms with Crippen LogP contribution >= 0.6 is 11.6 Å². The topological polar surface area (TPSA) is 92.7 Å². The largest absolute Gasteiger partial charge is 0.310 e. The Labute approximate surface area is 155 Å². The summed E-state index contributed by atoms with van der Waals surface area (Å²) in [6.45, 7) is 3.70. The summed E-state index contributed by atoms with van der Waals surface area (Å²) in [7, 11) is 0. The molecule has 0 saturated carbocycles. The van der Waals surface area contributed by atoms with Crippen molar-refractivity contribution in [1.82, 2.24) is 19.7 Å². The predicted molar refractivity (Wildman–Crippen MR) is 99.9 cm³/mol. The van der Waals surface area contributed by atoms with Crippen LogP contribution in [0.2, 0.25) is 5.02 Å². The van der Waals surface area contributed by atoms with Gasteiger partial charge in [0.15, 0.2) is 0 Å². The summed E-state index contributed by atoms with van der Waals surface area (Å²) >= 11 is 6.11. The van der Waals surface area contributed by atoms with Crippen LogP contribution in [0, 0.1) is 6.92 Å². The minimum absolute atomic E-state index is 0.128. The molecule has 3 aromatic rings. The third-order valence-electron chi connectivity index (χ3n) is 3.75. The summed E-state index contributed by atoms with van der Waals surface area (Å²) in [5.41, 5.74) is 1.79. The van der Waals surface area contributed by atoms with Gasteiger partial charge in [-0.25, -0.2) is 4.98 Å². The van der Waals surface area contributed by atoms with Gasteiger partial charge in [-0.05, 0) is 25.0 Å². The van der Waals surface area contributed by atoms with E-state index in [2.05, 4.69) is 20.4 Å². The number of halogens is 1. The van der Waals surface area contributed by atoms with Crippen molar-refractivity contribution in [3.63, 3.8) is 0 Å². The lowest BCUT2D eigenvalue weighted by atomic mass is 10.1. The zero-order valence-electron chi connectivity index (χ0n) is 14.4. The molecule has 0 aliphatic heterocycles. The summed E-state index contributed by atoms with van der Waals surface area (Å²) < 4.78 is 1.42. The second-order valence-electron chi connectivity index (χ2n) is 5.81. The van der Waals surface area contributed by atoms with Gasteiger partial charge in [0.2, 0.25) is 11.9 Å². The van der Waals surface area contributed by atoms with Gasteiger partial charge in [0.1, 0.15) is 5.82 Å². The van der Waals surface area contributed by atoms with E-state index in [-0.39, 0.29) is 23.8 Å². The molecule has 7 nitrogen and oxygen atoms in total. The highest BCUT2D eigenvalue weighted by atomic mass is 35.5. The third-order valence-corrected chi connectivity index (χ3v) is 4.12. The van der Waals surface area contributed by atoms with Crippen molar-refractivity contribution in [3.8, 4) is 5.95 Å². The van der Waals surface area contributed by atoms with Crippen molar-refractivity contribution >= 4 is 23.3 Å². The van der Waals surface area contributed by atoms with Crippen LogP contribution < -0.4 is 10.9 Å². The number of rotatable bonds is 5. The SMILES string of the molecule is CCc1cc(=O)[nH]c(-n2nc(C)cc2NC(=O)Cc2ccccc2Cl)n1. The van der Waals surface area contributed by atoms with Gasteiger partial charge in [0, 0.05) is 22.8 Å². The maximum absolute atomic E-state index is 12.4. The molecule has 0 aliphatic rings. The molecule has 0 saturated heterocycles. The number of H-pyrrole nitrogens is 1. The quantitative estimate of drug-likeness (QED) is 0.721. The smallest absolute Gasteiger partial charge is 0.252 e. The highest BCUT2D eigenvalue weighted by Crippen LogP contribution is 2.18. The molecular weight excluding hydrogens is 354 g/mol. The first kappa shape index (κ1) is 17.9. The number of carbonyl (C=O) groups is 1. The maximum Gasteiger partial charge on any atom is 0.252 e. The molecule has 3 rings (SSSR count). The second kappa shape index (κ2) is 7.53. The molecule has 1 aromatic carbocycles. The molecule has 1 amide bonds. The molecule has 0 aliphatic carbocycles. The third kappa shape index (κ3) is 4.00. The molecule has 2 heterocycles. The molecule has 8 heteroatoms. The van der Waals surface area contributed by atoms with Gasteiger partial charge in [-0.15, -0.1) is 0 Å². The first-order chi connectivity index (χ1) is 12.5. The van der Waals surface area contributed by atoms with E-state index in [1.165, 1.54) is 10.7 Å². The first-order valence-electron chi connectivity index (χ1n) is 8.17. The number of benzene rings is 1. The number of aryl methyl sites for hydroxylation is 2. The Kier molecular flexibility index (Phi) is 5.18. The van der Waals surface area contributed by atoms with Gasteiger partial charge in [-0.3, -0.25) is 14.6 Å². The molecule has 0 atom stereocenters. The zero-order valence-corrected chi connectivity index (χ0v) is 15.2. The van der Waals surface area contributed by atoms with Crippen molar-refractivity contribution in [1.29, 1.82) is 0 Å². The monoisotopic (exact) mass is 371 g/mol. The van der Waals surface area contributed by atoms with Gasteiger partial charge in [0.25, 0.3) is 5.56 Å². The Hall–Kier alpha value is -2.93. The molecule has 0 bridgehead atoms. The van der Waals surface area contributed by atoms with Crippen molar-refractivity contribution in [2.75, 3.05) is 5.32 Å². The van der Waals surface area contributed by atoms with Crippen LogP contribution in [-0.4, -0.2) is 25.7 Å². The van der Waals surface area contributed by atoms with E-state index in [1.807, 2.05) is 19.1 Å². The molecule has 134 valence electrons. The van der Waals surface area contributed by atoms with E-state index in [4.69, 9.17) is 11.6 Å². The number of hydrogen-bond donors (Lipinski definition) is 2. The number of aromatic amines is 1. The van der Waals surface area contributed by atoms with Gasteiger partial charge in [-0.1, -0.05) is 36.7 Å².